The molecule has 0 spiro atoms. The molecule has 152 valence electrons. The predicted octanol–water partition coefficient (Wildman–Crippen LogP) is 5.93. The summed E-state index contributed by atoms with van der Waals surface area (Å²) in [5.41, 5.74) is 3.81. The van der Waals surface area contributed by atoms with Crippen LogP contribution < -0.4 is 9.47 Å². The van der Waals surface area contributed by atoms with Gasteiger partial charge in [0.05, 0.1) is 0 Å². The lowest BCUT2D eigenvalue weighted by atomic mass is 9.67. The normalized spacial score (nSPS) is 27.4. The maximum atomic E-state index is 12.8. The Labute approximate surface area is 168 Å². The average Bonchev–Trinajstić information content (AvgIpc) is 2.60. The van der Waals surface area contributed by atoms with E-state index in [4.69, 9.17) is 14.2 Å². The van der Waals surface area contributed by atoms with E-state index in [2.05, 4.69) is 39.8 Å². The van der Waals surface area contributed by atoms with Gasteiger partial charge in [-0.15, -0.1) is 0 Å². The number of hydrogen-bond acceptors (Lipinski definition) is 4. The number of hydrogen-bond donors (Lipinski definition) is 0. The molecule has 1 aromatic carbocycles. The standard InChI is InChI=1S/C24H32O4/c1-6-7-8-9-16-13-19-21(22-20(16)23(25)27-15(3)26-22)17-12-14(2)10-11-18(17)24(4,5)28-19/h12-13,15,17-18H,6-11H2,1-5H3/t15?,17-,18-/m1/s1. The van der Waals surface area contributed by atoms with Gasteiger partial charge in [0.25, 0.3) is 0 Å². The van der Waals surface area contributed by atoms with Crippen LogP contribution in [0, 0.1) is 5.92 Å². The van der Waals surface area contributed by atoms with Crippen molar-refractivity contribution in [2.24, 2.45) is 5.92 Å². The number of benzene rings is 1. The summed E-state index contributed by atoms with van der Waals surface area (Å²) in [5.74, 6) is 1.90. The molecule has 28 heavy (non-hydrogen) atoms. The van der Waals surface area contributed by atoms with Gasteiger partial charge in [0.1, 0.15) is 22.7 Å². The van der Waals surface area contributed by atoms with Crippen molar-refractivity contribution in [2.75, 3.05) is 0 Å². The van der Waals surface area contributed by atoms with E-state index in [9.17, 15) is 4.79 Å². The maximum Gasteiger partial charge on any atom is 0.345 e. The Bertz CT molecular complexity index is 820. The molecule has 0 radical (unpaired) electrons. The topological polar surface area (TPSA) is 44.8 Å². The molecule has 1 unspecified atom stereocenters. The minimum Gasteiger partial charge on any atom is -0.487 e. The van der Waals surface area contributed by atoms with E-state index in [1.807, 2.05) is 0 Å². The number of carbonyl (C=O) groups excluding carboxylic acids is 1. The van der Waals surface area contributed by atoms with Crippen molar-refractivity contribution in [1.82, 2.24) is 0 Å². The fraction of sp³-hybridized carbons (Fsp3) is 0.625. The van der Waals surface area contributed by atoms with Crippen LogP contribution in [0.3, 0.4) is 0 Å². The van der Waals surface area contributed by atoms with Gasteiger partial charge in [-0.2, -0.15) is 0 Å². The molecule has 1 aromatic rings. The van der Waals surface area contributed by atoms with Crippen LogP contribution in [-0.2, 0) is 11.2 Å². The second kappa shape index (κ2) is 7.13. The number of ether oxygens (including phenoxy) is 3. The highest BCUT2D eigenvalue weighted by Crippen LogP contribution is 2.55. The average molecular weight is 385 g/mol. The first-order valence-electron chi connectivity index (χ1n) is 10.8. The molecule has 2 heterocycles. The molecular formula is C24H32O4. The number of esters is 1. The van der Waals surface area contributed by atoms with Crippen molar-refractivity contribution < 1.29 is 19.0 Å². The third-order valence-electron chi connectivity index (χ3n) is 6.52. The zero-order valence-corrected chi connectivity index (χ0v) is 17.8. The smallest absolute Gasteiger partial charge is 0.345 e. The lowest BCUT2D eigenvalue weighted by molar-refractivity contribution is -0.0518. The summed E-state index contributed by atoms with van der Waals surface area (Å²) < 4.78 is 18.1. The minimum absolute atomic E-state index is 0.212. The summed E-state index contributed by atoms with van der Waals surface area (Å²) in [6.45, 7) is 10.5. The van der Waals surface area contributed by atoms with Crippen LogP contribution in [0.25, 0.3) is 0 Å². The lowest BCUT2D eigenvalue weighted by Crippen LogP contribution is -2.46. The summed E-state index contributed by atoms with van der Waals surface area (Å²) in [5, 5.41) is 0. The highest BCUT2D eigenvalue weighted by molar-refractivity contribution is 5.96. The Morgan fingerprint density at radius 1 is 1.21 bits per heavy atom. The zero-order chi connectivity index (χ0) is 20.1. The van der Waals surface area contributed by atoms with Gasteiger partial charge in [0.15, 0.2) is 0 Å². The number of cyclic esters (lactones) is 1. The Morgan fingerprint density at radius 2 is 2.00 bits per heavy atom. The van der Waals surface area contributed by atoms with Gasteiger partial charge in [-0.25, -0.2) is 4.79 Å². The van der Waals surface area contributed by atoms with Crippen molar-refractivity contribution in [3.05, 3.63) is 34.4 Å². The van der Waals surface area contributed by atoms with Gasteiger partial charge in [-0.1, -0.05) is 31.4 Å². The first-order chi connectivity index (χ1) is 13.3. The molecular weight excluding hydrogens is 352 g/mol. The number of fused-ring (bicyclic) bond motifs is 5. The van der Waals surface area contributed by atoms with Crippen LogP contribution in [0.5, 0.6) is 11.5 Å². The van der Waals surface area contributed by atoms with E-state index in [1.165, 1.54) is 5.57 Å². The molecule has 0 saturated heterocycles. The summed E-state index contributed by atoms with van der Waals surface area (Å²) in [6.07, 6.45) is 8.13. The SMILES string of the molecule is CCCCCc1cc2c(c3c1C(=O)OC(C)O3)[C@@H]1C=C(C)CC[C@H]1C(C)(C)O2. The Morgan fingerprint density at radius 3 is 2.75 bits per heavy atom. The van der Waals surface area contributed by atoms with Crippen LogP contribution in [0.1, 0.15) is 94.1 Å². The zero-order valence-electron chi connectivity index (χ0n) is 17.8. The fourth-order valence-electron chi connectivity index (χ4n) is 5.10. The lowest BCUT2D eigenvalue weighted by Gasteiger charge is -2.47. The highest BCUT2D eigenvalue weighted by atomic mass is 16.7. The Balaban J connectivity index is 1.90. The van der Waals surface area contributed by atoms with Gasteiger partial charge >= 0.3 is 5.97 Å². The van der Waals surface area contributed by atoms with Crippen molar-refractivity contribution in [1.29, 1.82) is 0 Å². The number of carbonyl (C=O) groups is 1. The van der Waals surface area contributed by atoms with E-state index in [-0.39, 0.29) is 17.5 Å². The van der Waals surface area contributed by atoms with E-state index in [1.54, 1.807) is 6.92 Å². The molecule has 0 saturated carbocycles. The van der Waals surface area contributed by atoms with Crippen molar-refractivity contribution in [2.45, 2.75) is 91.0 Å². The molecule has 0 fully saturated rings. The molecule has 0 bridgehead atoms. The maximum absolute atomic E-state index is 12.8. The number of aryl methyl sites for hydroxylation is 1. The number of rotatable bonds is 4. The molecule has 1 aliphatic carbocycles. The van der Waals surface area contributed by atoms with Crippen LogP contribution in [0.2, 0.25) is 0 Å². The molecule has 2 aliphatic heterocycles. The molecule has 4 rings (SSSR count). The molecule has 3 aliphatic rings. The monoisotopic (exact) mass is 384 g/mol. The van der Waals surface area contributed by atoms with Gasteiger partial charge in [0, 0.05) is 24.3 Å². The fourth-order valence-corrected chi connectivity index (χ4v) is 5.10. The van der Waals surface area contributed by atoms with Gasteiger partial charge < -0.3 is 14.2 Å². The van der Waals surface area contributed by atoms with Gasteiger partial charge in [-0.05, 0) is 58.1 Å². The first-order valence-corrected chi connectivity index (χ1v) is 10.8. The quantitative estimate of drug-likeness (QED) is 0.367. The van der Waals surface area contributed by atoms with E-state index in [0.29, 0.717) is 17.2 Å². The third kappa shape index (κ3) is 3.21. The molecule has 0 aromatic heterocycles. The summed E-state index contributed by atoms with van der Waals surface area (Å²) in [7, 11) is 0. The van der Waals surface area contributed by atoms with Crippen molar-refractivity contribution >= 4 is 5.97 Å². The first kappa shape index (κ1) is 19.4. The largest absolute Gasteiger partial charge is 0.487 e. The summed E-state index contributed by atoms with van der Waals surface area (Å²) in [6, 6.07) is 2.08. The summed E-state index contributed by atoms with van der Waals surface area (Å²) in [4.78, 5) is 12.8. The highest BCUT2D eigenvalue weighted by Gasteiger charge is 2.47. The predicted molar refractivity (Wildman–Crippen MR) is 109 cm³/mol. The molecule has 4 heteroatoms. The third-order valence-corrected chi connectivity index (χ3v) is 6.52. The van der Waals surface area contributed by atoms with E-state index in [0.717, 1.165) is 55.4 Å². The Kier molecular flexibility index (Phi) is 4.93. The van der Waals surface area contributed by atoms with Gasteiger partial charge in [0.2, 0.25) is 6.29 Å². The Hall–Kier alpha value is -1.97. The van der Waals surface area contributed by atoms with E-state index >= 15 is 0 Å². The summed E-state index contributed by atoms with van der Waals surface area (Å²) >= 11 is 0. The van der Waals surface area contributed by atoms with Crippen molar-refractivity contribution in [3.63, 3.8) is 0 Å². The minimum atomic E-state index is -0.572. The van der Waals surface area contributed by atoms with Crippen LogP contribution >= 0.6 is 0 Å². The molecule has 0 N–H and O–H groups in total. The molecule has 4 nitrogen and oxygen atoms in total. The van der Waals surface area contributed by atoms with Gasteiger partial charge in [-0.3, -0.25) is 0 Å². The molecule has 0 amide bonds. The van der Waals surface area contributed by atoms with Crippen molar-refractivity contribution in [3.8, 4) is 11.5 Å². The molecule has 3 atom stereocenters. The number of allylic oxidation sites excluding steroid dienone is 2. The van der Waals surface area contributed by atoms with Crippen LogP contribution in [0.4, 0.5) is 0 Å². The van der Waals surface area contributed by atoms with Crippen LogP contribution in [-0.4, -0.2) is 17.9 Å². The number of unbranched alkanes of at least 4 members (excludes halogenated alkanes) is 2. The second-order valence-electron chi connectivity index (χ2n) is 9.09. The second-order valence-corrected chi connectivity index (χ2v) is 9.09. The van der Waals surface area contributed by atoms with E-state index < -0.39 is 6.29 Å². The van der Waals surface area contributed by atoms with Crippen LogP contribution in [0.15, 0.2) is 17.7 Å².